The molecule has 3 heteroatoms. The summed E-state index contributed by atoms with van der Waals surface area (Å²) in [5, 5.41) is 12.4. The number of anilines is 1. The van der Waals surface area contributed by atoms with Crippen LogP contribution in [0.15, 0.2) is 18.2 Å². The predicted molar refractivity (Wildman–Crippen MR) is 70.8 cm³/mol. The Bertz CT molecular complexity index is 474. The van der Waals surface area contributed by atoms with Gasteiger partial charge in [0.1, 0.15) is 11.9 Å². The van der Waals surface area contributed by atoms with Crippen molar-refractivity contribution in [3.63, 3.8) is 0 Å². The highest BCUT2D eigenvalue weighted by Crippen LogP contribution is 2.36. The molecule has 1 fully saturated rings. The van der Waals surface area contributed by atoms with Gasteiger partial charge in [-0.15, -0.1) is 0 Å². The molecule has 0 bridgehead atoms. The van der Waals surface area contributed by atoms with E-state index in [0.717, 1.165) is 18.5 Å². The van der Waals surface area contributed by atoms with Crippen LogP contribution in [0.25, 0.3) is 0 Å². The van der Waals surface area contributed by atoms with Crippen LogP contribution in [0.2, 0.25) is 0 Å². The second-order valence-corrected chi connectivity index (χ2v) is 5.90. The Balaban J connectivity index is 2.12. The smallest absolute Gasteiger partial charge is 0.124 e. The van der Waals surface area contributed by atoms with E-state index in [1.54, 1.807) is 6.07 Å². The summed E-state index contributed by atoms with van der Waals surface area (Å²) in [5.41, 5.74) is 1.49. The molecule has 1 aromatic rings. The third-order valence-corrected chi connectivity index (χ3v) is 3.67. The van der Waals surface area contributed by atoms with Crippen molar-refractivity contribution in [2.45, 2.75) is 45.6 Å². The zero-order valence-corrected chi connectivity index (χ0v) is 11.0. The number of rotatable bonds is 2. The van der Waals surface area contributed by atoms with Crippen molar-refractivity contribution < 1.29 is 4.39 Å². The first kappa shape index (κ1) is 12.9. The second kappa shape index (κ2) is 4.97. The largest absolute Gasteiger partial charge is 0.381 e. The predicted octanol–water partition coefficient (Wildman–Crippen LogP) is 4.08. The Morgan fingerprint density at radius 1 is 1.44 bits per heavy atom. The monoisotopic (exact) mass is 246 g/mol. The molecule has 0 radical (unpaired) electrons. The Morgan fingerprint density at radius 3 is 2.89 bits per heavy atom. The average molecular weight is 246 g/mol. The highest BCUT2D eigenvalue weighted by molar-refractivity contribution is 5.57. The lowest BCUT2D eigenvalue weighted by Crippen LogP contribution is -2.31. The number of hydrogen-bond acceptors (Lipinski definition) is 2. The molecule has 0 aliphatic heterocycles. The van der Waals surface area contributed by atoms with Crippen LogP contribution in [0.4, 0.5) is 10.1 Å². The summed E-state index contributed by atoms with van der Waals surface area (Å²) in [6.07, 6.45) is 4.66. The van der Waals surface area contributed by atoms with Gasteiger partial charge in [0.25, 0.3) is 0 Å². The van der Waals surface area contributed by atoms with Gasteiger partial charge >= 0.3 is 0 Å². The fourth-order valence-corrected chi connectivity index (χ4v) is 2.78. The lowest BCUT2D eigenvalue weighted by atomic mass is 9.75. The molecule has 0 saturated heterocycles. The standard InChI is InChI=1S/C15H19FN2/c1-15(2)7-3-4-13(9-15)18-14-6-5-12(16)8-11(14)10-17/h5-6,8,13,18H,3-4,7,9H2,1-2H3. The molecular weight excluding hydrogens is 227 g/mol. The molecule has 1 aromatic carbocycles. The van der Waals surface area contributed by atoms with Gasteiger partial charge in [-0.25, -0.2) is 4.39 Å². The maximum absolute atomic E-state index is 13.1. The van der Waals surface area contributed by atoms with Gasteiger partial charge in [-0.2, -0.15) is 5.26 Å². The molecule has 1 atom stereocenters. The fraction of sp³-hybridized carbons (Fsp3) is 0.533. The zero-order valence-electron chi connectivity index (χ0n) is 11.0. The lowest BCUT2D eigenvalue weighted by molar-refractivity contribution is 0.229. The summed E-state index contributed by atoms with van der Waals surface area (Å²) in [6, 6.07) is 6.78. The first-order chi connectivity index (χ1) is 8.50. The van der Waals surface area contributed by atoms with Gasteiger partial charge in [-0.3, -0.25) is 0 Å². The molecule has 1 aliphatic carbocycles. The molecule has 0 aromatic heterocycles. The van der Waals surface area contributed by atoms with Crippen molar-refractivity contribution in [2.24, 2.45) is 5.41 Å². The number of nitrogens with one attached hydrogen (secondary N) is 1. The Morgan fingerprint density at radius 2 is 2.22 bits per heavy atom. The minimum absolute atomic E-state index is 0.350. The number of benzene rings is 1. The Labute approximate surface area is 108 Å². The molecule has 0 amide bonds. The topological polar surface area (TPSA) is 35.8 Å². The molecule has 1 saturated carbocycles. The molecule has 1 aliphatic rings. The van der Waals surface area contributed by atoms with Crippen molar-refractivity contribution in [3.8, 4) is 6.07 Å². The van der Waals surface area contributed by atoms with E-state index < -0.39 is 0 Å². The van der Waals surface area contributed by atoms with Crippen LogP contribution in [-0.2, 0) is 0 Å². The van der Waals surface area contributed by atoms with Crippen LogP contribution in [0.5, 0.6) is 0 Å². The second-order valence-electron chi connectivity index (χ2n) is 5.90. The maximum atomic E-state index is 13.1. The summed E-state index contributed by atoms with van der Waals surface area (Å²) in [5.74, 6) is -0.360. The van der Waals surface area contributed by atoms with Gasteiger partial charge in [0, 0.05) is 6.04 Å². The van der Waals surface area contributed by atoms with Crippen molar-refractivity contribution in [1.82, 2.24) is 0 Å². The lowest BCUT2D eigenvalue weighted by Gasteiger charge is -2.36. The summed E-state index contributed by atoms with van der Waals surface area (Å²) in [6.45, 7) is 4.55. The summed E-state index contributed by atoms with van der Waals surface area (Å²) in [4.78, 5) is 0. The van der Waals surface area contributed by atoms with E-state index in [1.807, 2.05) is 6.07 Å². The highest BCUT2D eigenvalue weighted by atomic mass is 19.1. The molecule has 96 valence electrons. The van der Waals surface area contributed by atoms with E-state index in [0.29, 0.717) is 17.0 Å². The van der Waals surface area contributed by atoms with Crippen molar-refractivity contribution in [1.29, 1.82) is 5.26 Å². The normalized spacial score (nSPS) is 22.2. The number of nitrogens with zero attached hydrogens (tertiary/aromatic N) is 1. The summed E-state index contributed by atoms with van der Waals surface area (Å²) < 4.78 is 13.1. The van der Waals surface area contributed by atoms with Gasteiger partial charge in [0.2, 0.25) is 0 Å². The molecule has 0 heterocycles. The fourth-order valence-electron chi connectivity index (χ4n) is 2.78. The van der Waals surface area contributed by atoms with E-state index in [1.165, 1.54) is 25.0 Å². The van der Waals surface area contributed by atoms with Gasteiger partial charge in [-0.05, 0) is 42.9 Å². The van der Waals surface area contributed by atoms with Crippen molar-refractivity contribution >= 4 is 5.69 Å². The average Bonchev–Trinajstić information content (AvgIpc) is 2.30. The van der Waals surface area contributed by atoms with E-state index >= 15 is 0 Å². The van der Waals surface area contributed by atoms with Crippen LogP contribution in [0.1, 0.15) is 45.1 Å². The summed E-state index contributed by atoms with van der Waals surface area (Å²) in [7, 11) is 0. The molecule has 1 N–H and O–H groups in total. The van der Waals surface area contributed by atoms with Gasteiger partial charge in [0.05, 0.1) is 11.3 Å². The minimum Gasteiger partial charge on any atom is -0.381 e. The van der Waals surface area contributed by atoms with E-state index in [4.69, 9.17) is 5.26 Å². The van der Waals surface area contributed by atoms with Crippen LogP contribution in [0.3, 0.4) is 0 Å². The molecule has 2 nitrogen and oxygen atoms in total. The molecule has 2 rings (SSSR count). The summed E-state index contributed by atoms with van der Waals surface area (Å²) >= 11 is 0. The van der Waals surface area contributed by atoms with Gasteiger partial charge in [-0.1, -0.05) is 20.3 Å². The van der Waals surface area contributed by atoms with E-state index in [2.05, 4.69) is 19.2 Å². The maximum Gasteiger partial charge on any atom is 0.124 e. The van der Waals surface area contributed by atoms with Crippen molar-refractivity contribution in [2.75, 3.05) is 5.32 Å². The van der Waals surface area contributed by atoms with E-state index in [9.17, 15) is 4.39 Å². The van der Waals surface area contributed by atoms with Gasteiger partial charge < -0.3 is 5.32 Å². The molecule has 18 heavy (non-hydrogen) atoms. The molecular formula is C15H19FN2. The number of nitriles is 1. The van der Waals surface area contributed by atoms with Crippen LogP contribution in [-0.4, -0.2) is 6.04 Å². The quantitative estimate of drug-likeness (QED) is 0.853. The Hall–Kier alpha value is -1.56. The first-order valence-electron chi connectivity index (χ1n) is 6.46. The Kier molecular flexibility index (Phi) is 3.56. The SMILES string of the molecule is CC1(C)CCCC(Nc2ccc(F)cc2C#N)C1. The van der Waals surface area contributed by atoms with Crippen molar-refractivity contribution in [3.05, 3.63) is 29.6 Å². The van der Waals surface area contributed by atoms with Crippen LogP contribution >= 0.6 is 0 Å². The van der Waals surface area contributed by atoms with Gasteiger partial charge in [0.15, 0.2) is 0 Å². The molecule has 1 unspecified atom stereocenters. The minimum atomic E-state index is -0.360. The highest BCUT2D eigenvalue weighted by Gasteiger charge is 2.28. The third kappa shape index (κ3) is 3.01. The van der Waals surface area contributed by atoms with Crippen LogP contribution < -0.4 is 5.32 Å². The zero-order chi connectivity index (χ0) is 13.2. The van der Waals surface area contributed by atoms with Crippen LogP contribution in [0, 0.1) is 22.6 Å². The first-order valence-corrected chi connectivity index (χ1v) is 6.46. The number of halogens is 1. The third-order valence-electron chi connectivity index (χ3n) is 3.67. The molecule has 0 spiro atoms. The number of hydrogen-bond donors (Lipinski definition) is 1. The van der Waals surface area contributed by atoms with E-state index in [-0.39, 0.29) is 5.82 Å².